The number of thiocarbonyl (C=S) groups is 1. The van der Waals surface area contributed by atoms with Crippen molar-refractivity contribution in [2.45, 2.75) is 31.9 Å². The van der Waals surface area contributed by atoms with Crippen molar-refractivity contribution in [1.29, 1.82) is 0 Å². The number of aliphatic hydroxyl groups excluding tert-OH is 1. The monoisotopic (exact) mass is 307 g/mol. The van der Waals surface area contributed by atoms with Gasteiger partial charge in [-0.25, -0.2) is 0 Å². The average Bonchev–Trinajstić information content (AvgIpc) is 2.47. The van der Waals surface area contributed by atoms with Crippen molar-refractivity contribution < 1.29 is 9.90 Å². The Hall–Kier alpha value is -1.50. The van der Waals surface area contributed by atoms with E-state index in [1.54, 1.807) is 12.1 Å². The Labute approximate surface area is 130 Å². The predicted molar refractivity (Wildman–Crippen MR) is 87.2 cm³/mol. The van der Waals surface area contributed by atoms with E-state index >= 15 is 0 Å². The van der Waals surface area contributed by atoms with Gasteiger partial charge in [-0.15, -0.1) is 0 Å². The molecule has 0 spiro atoms. The molecule has 1 atom stereocenters. The van der Waals surface area contributed by atoms with Crippen LogP contribution in [0.5, 0.6) is 0 Å². The molecule has 1 aromatic rings. The second kappa shape index (κ2) is 6.98. The number of nitrogens with one attached hydrogen (secondary N) is 1. The van der Waals surface area contributed by atoms with Gasteiger partial charge >= 0.3 is 0 Å². The van der Waals surface area contributed by atoms with E-state index in [4.69, 9.17) is 18.0 Å². The summed E-state index contributed by atoms with van der Waals surface area (Å²) in [6.45, 7) is 3.33. The van der Waals surface area contributed by atoms with Crippen LogP contribution in [0.4, 0.5) is 5.69 Å². The van der Waals surface area contributed by atoms with Crippen molar-refractivity contribution in [3.8, 4) is 0 Å². The van der Waals surface area contributed by atoms with Crippen LogP contribution in [0, 0.1) is 0 Å². The van der Waals surface area contributed by atoms with Crippen LogP contribution >= 0.6 is 12.2 Å². The van der Waals surface area contributed by atoms with Gasteiger partial charge in [0.2, 0.25) is 5.91 Å². The number of hydrogen-bond acceptors (Lipinski definition) is 4. The van der Waals surface area contributed by atoms with Gasteiger partial charge in [-0.2, -0.15) is 0 Å². The average molecular weight is 307 g/mol. The van der Waals surface area contributed by atoms with Gasteiger partial charge in [0.15, 0.2) is 0 Å². The maximum absolute atomic E-state index is 12.4. The van der Waals surface area contributed by atoms with E-state index in [2.05, 4.69) is 10.2 Å². The summed E-state index contributed by atoms with van der Waals surface area (Å²) in [5, 5.41) is 12.4. The maximum atomic E-state index is 12.4. The zero-order valence-electron chi connectivity index (χ0n) is 12.1. The van der Waals surface area contributed by atoms with Crippen LogP contribution in [0.2, 0.25) is 0 Å². The van der Waals surface area contributed by atoms with Gasteiger partial charge in [0, 0.05) is 18.7 Å². The van der Waals surface area contributed by atoms with E-state index in [1.165, 1.54) is 0 Å². The fourth-order valence-electron chi connectivity index (χ4n) is 2.48. The Bertz CT molecular complexity index is 527. The first kappa shape index (κ1) is 15.9. The van der Waals surface area contributed by atoms with Gasteiger partial charge in [-0.05, 0) is 31.9 Å². The third-order valence-electron chi connectivity index (χ3n) is 3.88. The highest BCUT2D eigenvalue weighted by Crippen LogP contribution is 2.17. The summed E-state index contributed by atoms with van der Waals surface area (Å²) in [6, 6.07) is 6.99. The number of anilines is 1. The third kappa shape index (κ3) is 4.00. The highest BCUT2D eigenvalue weighted by atomic mass is 32.1. The number of amides is 1. The number of para-hydroxylation sites is 1. The highest BCUT2D eigenvalue weighted by molar-refractivity contribution is 7.80. The number of nitrogens with two attached hydrogens (primary N) is 1. The minimum absolute atomic E-state index is 0.0879. The number of nitrogens with zero attached hydrogens (tertiary/aromatic N) is 1. The number of likely N-dealkylation sites (tertiary alicyclic amines) is 1. The van der Waals surface area contributed by atoms with Crippen LogP contribution in [0.3, 0.4) is 0 Å². The predicted octanol–water partition coefficient (Wildman–Crippen LogP) is 1.10. The van der Waals surface area contributed by atoms with E-state index in [-0.39, 0.29) is 23.0 Å². The second-order valence-electron chi connectivity index (χ2n) is 5.34. The number of aliphatic hydroxyl groups is 1. The van der Waals surface area contributed by atoms with Gasteiger partial charge in [0.05, 0.1) is 17.8 Å². The molecular formula is C15H21N3O2S. The Balaban J connectivity index is 2.03. The molecule has 4 N–H and O–H groups in total. The van der Waals surface area contributed by atoms with Crippen molar-refractivity contribution in [2.24, 2.45) is 5.73 Å². The molecule has 0 aromatic heterocycles. The lowest BCUT2D eigenvalue weighted by Gasteiger charge is -2.33. The summed E-state index contributed by atoms with van der Waals surface area (Å²) >= 11 is 4.99. The molecule has 0 saturated carbocycles. The third-order valence-corrected chi connectivity index (χ3v) is 4.10. The Kier molecular flexibility index (Phi) is 5.27. The van der Waals surface area contributed by atoms with Crippen molar-refractivity contribution in [2.75, 3.05) is 18.4 Å². The summed E-state index contributed by atoms with van der Waals surface area (Å²) in [6.07, 6.45) is 1.18. The van der Waals surface area contributed by atoms with Gasteiger partial charge < -0.3 is 16.2 Å². The van der Waals surface area contributed by atoms with E-state index in [9.17, 15) is 9.90 Å². The van der Waals surface area contributed by atoms with Crippen LogP contribution in [-0.2, 0) is 4.79 Å². The van der Waals surface area contributed by atoms with Gasteiger partial charge in [0.1, 0.15) is 4.99 Å². The molecule has 1 heterocycles. The topological polar surface area (TPSA) is 78.6 Å². The quantitative estimate of drug-likeness (QED) is 0.726. The normalized spacial score (nSPS) is 18.2. The number of carbonyl (C=O) groups is 1. The minimum Gasteiger partial charge on any atom is -0.393 e. The molecule has 1 fully saturated rings. The lowest BCUT2D eigenvalue weighted by molar-refractivity contribution is -0.121. The van der Waals surface area contributed by atoms with Crippen molar-refractivity contribution in [1.82, 2.24) is 4.90 Å². The van der Waals surface area contributed by atoms with Crippen LogP contribution < -0.4 is 11.1 Å². The molecule has 1 aliphatic rings. The zero-order valence-corrected chi connectivity index (χ0v) is 12.9. The van der Waals surface area contributed by atoms with Gasteiger partial charge in [-0.3, -0.25) is 9.69 Å². The molecule has 1 amide bonds. The van der Waals surface area contributed by atoms with E-state index in [0.29, 0.717) is 24.1 Å². The zero-order chi connectivity index (χ0) is 15.4. The summed E-state index contributed by atoms with van der Waals surface area (Å²) in [5.74, 6) is -0.0879. The lowest BCUT2D eigenvalue weighted by Crippen LogP contribution is -2.47. The first-order valence-corrected chi connectivity index (χ1v) is 7.51. The number of rotatable bonds is 4. The first-order valence-electron chi connectivity index (χ1n) is 7.11. The minimum atomic E-state index is -0.253. The molecule has 1 saturated heterocycles. The molecule has 21 heavy (non-hydrogen) atoms. The molecule has 1 aromatic carbocycles. The van der Waals surface area contributed by atoms with Crippen LogP contribution in [0.1, 0.15) is 25.3 Å². The molecule has 0 radical (unpaired) electrons. The smallest absolute Gasteiger partial charge is 0.241 e. The number of piperidine rings is 1. The van der Waals surface area contributed by atoms with Crippen LogP contribution in [0.15, 0.2) is 24.3 Å². The molecule has 1 unspecified atom stereocenters. The summed E-state index contributed by atoms with van der Waals surface area (Å²) < 4.78 is 0. The fourth-order valence-corrected chi connectivity index (χ4v) is 2.66. The van der Waals surface area contributed by atoms with E-state index in [0.717, 1.165) is 13.1 Å². The lowest BCUT2D eigenvalue weighted by atomic mass is 10.1. The molecule has 0 aliphatic carbocycles. The second-order valence-corrected chi connectivity index (χ2v) is 5.78. The summed E-state index contributed by atoms with van der Waals surface area (Å²) in [7, 11) is 0. The Morgan fingerprint density at radius 2 is 2.05 bits per heavy atom. The van der Waals surface area contributed by atoms with E-state index < -0.39 is 0 Å². The van der Waals surface area contributed by atoms with Crippen LogP contribution in [0.25, 0.3) is 0 Å². The number of hydrogen-bond donors (Lipinski definition) is 3. The Morgan fingerprint density at radius 3 is 2.67 bits per heavy atom. The number of benzene rings is 1. The first-order chi connectivity index (χ1) is 9.99. The Morgan fingerprint density at radius 1 is 1.43 bits per heavy atom. The maximum Gasteiger partial charge on any atom is 0.241 e. The molecule has 114 valence electrons. The molecule has 0 bridgehead atoms. The SMILES string of the molecule is CC(C(=O)Nc1ccccc1C(N)=S)N1CCC(O)CC1. The highest BCUT2D eigenvalue weighted by Gasteiger charge is 2.26. The van der Waals surface area contributed by atoms with Gasteiger partial charge in [-0.1, -0.05) is 24.4 Å². The molecule has 6 heteroatoms. The van der Waals surface area contributed by atoms with Crippen molar-refractivity contribution >= 4 is 28.8 Å². The fraction of sp³-hybridized carbons (Fsp3) is 0.467. The standard InChI is InChI=1S/C15H21N3O2S/c1-10(18-8-6-11(19)7-9-18)15(20)17-13-5-3-2-4-12(13)14(16)21/h2-5,10-11,19H,6-9H2,1H3,(H2,16,21)(H,17,20). The summed E-state index contributed by atoms with van der Waals surface area (Å²) in [4.78, 5) is 14.7. The molecular weight excluding hydrogens is 286 g/mol. The van der Waals surface area contributed by atoms with Gasteiger partial charge in [0.25, 0.3) is 0 Å². The number of carbonyl (C=O) groups excluding carboxylic acids is 1. The molecule has 1 aliphatic heterocycles. The van der Waals surface area contributed by atoms with Crippen LogP contribution in [-0.4, -0.2) is 46.1 Å². The van der Waals surface area contributed by atoms with Crippen molar-refractivity contribution in [3.63, 3.8) is 0 Å². The van der Waals surface area contributed by atoms with Crippen molar-refractivity contribution in [3.05, 3.63) is 29.8 Å². The summed E-state index contributed by atoms with van der Waals surface area (Å²) in [5.41, 5.74) is 6.97. The van der Waals surface area contributed by atoms with E-state index in [1.807, 2.05) is 19.1 Å². The largest absolute Gasteiger partial charge is 0.393 e. The molecule has 2 rings (SSSR count). The molecule has 5 nitrogen and oxygen atoms in total.